The molecule has 0 bridgehead atoms. The summed E-state index contributed by atoms with van der Waals surface area (Å²) in [7, 11) is 0. The minimum absolute atomic E-state index is 0. The quantitative estimate of drug-likeness (QED) is 0.705. The maximum atomic E-state index is 11.0. The van der Waals surface area contributed by atoms with E-state index in [0.717, 1.165) is 12.8 Å². The van der Waals surface area contributed by atoms with Gasteiger partial charge in [-0.2, -0.15) is 0 Å². The molecule has 1 heterocycles. The molecule has 0 radical (unpaired) electrons. The van der Waals surface area contributed by atoms with Gasteiger partial charge >= 0.3 is 11.9 Å². The van der Waals surface area contributed by atoms with Gasteiger partial charge in [0.25, 0.3) is 0 Å². The summed E-state index contributed by atoms with van der Waals surface area (Å²) in [6, 6.07) is 0. The third-order valence-corrected chi connectivity index (χ3v) is 3.62. The SMILES string of the molecule is C.C.CCC1OC(CC)C(COC(C)=O)C1COC(C)=O. The summed E-state index contributed by atoms with van der Waals surface area (Å²) < 4.78 is 16.2. The van der Waals surface area contributed by atoms with E-state index >= 15 is 0 Å². The average molecular weight is 304 g/mol. The van der Waals surface area contributed by atoms with Crippen LogP contribution in [-0.2, 0) is 23.8 Å². The van der Waals surface area contributed by atoms with Crippen LogP contribution >= 0.6 is 0 Å². The summed E-state index contributed by atoms with van der Waals surface area (Å²) in [6.07, 6.45) is 1.84. The Bertz CT molecular complexity index is 286. The van der Waals surface area contributed by atoms with Gasteiger partial charge in [0.2, 0.25) is 0 Å². The first kappa shape index (κ1) is 22.2. The number of ether oxygens (including phenoxy) is 3. The van der Waals surface area contributed by atoms with Crippen molar-refractivity contribution in [1.29, 1.82) is 0 Å². The molecule has 0 aromatic heterocycles. The highest BCUT2D eigenvalue weighted by Gasteiger charge is 2.43. The second-order valence-corrected chi connectivity index (χ2v) is 4.96. The van der Waals surface area contributed by atoms with E-state index in [0.29, 0.717) is 13.2 Å². The number of rotatable bonds is 6. The van der Waals surface area contributed by atoms with Crippen molar-refractivity contribution in [2.24, 2.45) is 11.8 Å². The van der Waals surface area contributed by atoms with Gasteiger partial charge in [0.05, 0.1) is 25.4 Å². The number of carbonyl (C=O) groups excluding carboxylic acids is 2. The molecule has 0 aromatic rings. The van der Waals surface area contributed by atoms with Crippen LogP contribution in [0.25, 0.3) is 0 Å². The van der Waals surface area contributed by atoms with Crippen LogP contribution < -0.4 is 0 Å². The normalized spacial score (nSPS) is 27.2. The molecule has 5 heteroatoms. The largest absolute Gasteiger partial charge is 0.465 e. The van der Waals surface area contributed by atoms with E-state index in [1.165, 1.54) is 13.8 Å². The molecule has 1 aliphatic rings. The van der Waals surface area contributed by atoms with Crippen LogP contribution in [0.2, 0.25) is 0 Å². The van der Waals surface area contributed by atoms with E-state index in [2.05, 4.69) is 0 Å². The first-order chi connectivity index (χ1) is 8.99. The maximum Gasteiger partial charge on any atom is 0.302 e. The molecular formula is C16H32O5. The summed E-state index contributed by atoms with van der Waals surface area (Å²) in [5, 5.41) is 0. The molecule has 126 valence electrons. The van der Waals surface area contributed by atoms with Gasteiger partial charge in [0.15, 0.2) is 0 Å². The van der Waals surface area contributed by atoms with Crippen molar-refractivity contribution < 1.29 is 23.8 Å². The first-order valence-corrected chi connectivity index (χ1v) is 6.91. The Balaban J connectivity index is 0. The molecule has 1 aliphatic heterocycles. The van der Waals surface area contributed by atoms with Crippen molar-refractivity contribution in [3.63, 3.8) is 0 Å². The fraction of sp³-hybridized carbons (Fsp3) is 0.875. The monoisotopic (exact) mass is 304 g/mol. The fourth-order valence-corrected chi connectivity index (χ4v) is 2.66. The Labute approximate surface area is 129 Å². The predicted octanol–water partition coefficient (Wildman–Crippen LogP) is 3.20. The average Bonchev–Trinajstić information content (AvgIpc) is 2.70. The van der Waals surface area contributed by atoms with Gasteiger partial charge in [-0.25, -0.2) is 0 Å². The zero-order valence-electron chi connectivity index (χ0n) is 12.2. The van der Waals surface area contributed by atoms with Crippen LogP contribution in [0.15, 0.2) is 0 Å². The molecule has 0 aromatic carbocycles. The third-order valence-electron chi connectivity index (χ3n) is 3.62. The summed E-state index contributed by atoms with van der Waals surface area (Å²) in [5.74, 6) is -0.390. The fourth-order valence-electron chi connectivity index (χ4n) is 2.66. The van der Waals surface area contributed by atoms with E-state index in [4.69, 9.17) is 14.2 Å². The van der Waals surface area contributed by atoms with E-state index in [9.17, 15) is 9.59 Å². The Hall–Kier alpha value is -1.10. The Morgan fingerprint density at radius 1 is 0.857 bits per heavy atom. The molecule has 0 saturated carbocycles. The van der Waals surface area contributed by atoms with Gasteiger partial charge in [0, 0.05) is 25.7 Å². The van der Waals surface area contributed by atoms with Gasteiger partial charge < -0.3 is 14.2 Å². The van der Waals surface area contributed by atoms with Gasteiger partial charge in [-0.15, -0.1) is 0 Å². The summed E-state index contributed by atoms with van der Waals surface area (Å²) >= 11 is 0. The third kappa shape index (κ3) is 6.46. The second kappa shape index (κ2) is 10.6. The standard InChI is InChI=1S/C14H24O5.2CH4/c1-5-13-11(7-17-9(3)15)12(8-18-10(4)16)14(6-2)19-13;;/h11-14H,5-8H2,1-4H3;2*1H4. The van der Waals surface area contributed by atoms with Crippen LogP contribution in [0.1, 0.15) is 55.4 Å². The molecule has 0 aliphatic carbocycles. The minimum Gasteiger partial charge on any atom is -0.465 e. The van der Waals surface area contributed by atoms with Crippen LogP contribution in [0.3, 0.4) is 0 Å². The summed E-state index contributed by atoms with van der Waals surface area (Å²) in [5.41, 5.74) is 0. The minimum atomic E-state index is -0.291. The molecular weight excluding hydrogens is 272 g/mol. The molecule has 1 rings (SSSR count). The van der Waals surface area contributed by atoms with Crippen molar-refractivity contribution in [3.8, 4) is 0 Å². The zero-order chi connectivity index (χ0) is 14.4. The smallest absolute Gasteiger partial charge is 0.302 e. The van der Waals surface area contributed by atoms with Crippen molar-refractivity contribution in [3.05, 3.63) is 0 Å². The topological polar surface area (TPSA) is 61.8 Å². The number of esters is 2. The van der Waals surface area contributed by atoms with Crippen molar-refractivity contribution in [2.45, 2.75) is 67.6 Å². The van der Waals surface area contributed by atoms with E-state index in [-0.39, 0.29) is 50.8 Å². The van der Waals surface area contributed by atoms with Gasteiger partial charge in [-0.05, 0) is 12.8 Å². The molecule has 1 fully saturated rings. The Morgan fingerprint density at radius 2 is 1.19 bits per heavy atom. The van der Waals surface area contributed by atoms with E-state index < -0.39 is 0 Å². The zero-order valence-corrected chi connectivity index (χ0v) is 12.2. The van der Waals surface area contributed by atoms with E-state index in [1.54, 1.807) is 0 Å². The Kier molecular flexibility index (Phi) is 11.2. The highest BCUT2D eigenvalue weighted by molar-refractivity contribution is 5.66. The molecule has 0 spiro atoms. The van der Waals surface area contributed by atoms with Crippen LogP contribution in [-0.4, -0.2) is 37.4 Å². The molecule has 0 amide bonds. The van der Waals surface area contributed by atoms with E-state index in [1.807, 2.05) is 13.8 Å². The van der Waals surface area contributed by atoms with Crippen molar-refractivity contribution >= 4 is 11.9 Å². The molecule has 0 N–H and O–H groups in total. The highest BCUT2D eigenvalue weighted by atomic mass is 16.6. The number of hydrogen-bond acceptors (Lipinski definition) is 5. The highest BCUT2D eigenvalue weighted by Crippen LogP contribution is 2.36. The van der Waals surface area contributed by atoms with Crippen molar-refractivity contribution in [1.82, 2.24) is 0 Å². The van der Waals surface area contributed by atoms with Crippen LogP contribution in [0, 0.1) is 11.8 Å². The molecule has 21 heavy (non-hydrogen) atoms. The van der Waals surface area contributed by atoms with Gasteiger partial charge in [-0.1, -0.05) is 28.7 Å². The summed E-state index contributed by atoms with van der Waals surface area (Å²) in [4.78, 5) is 21.9. The molecule has 4 unspecified atom stereocenters. The van der Waals surface area contributed by atoms with Gasteiger partial charge in [0.1, 0.15) is 0 Å². The lowest BCUT2D eigenvalue weighted by atomic mass is 9.86. The van der Waals surface area contributed by atoms with Crippen molar-refractivity contribution in [2.75, 3.05) is 13.2 Å². The number of carbonyl (C=O) groups is 2. The predicted molar refractivity (Wildman–Crippen MR) is 83.0 cm³/mol. The number of hydrogen-bond donors (Lipinski definition) is 0. The summed E-state index contributed by atoms with van der Waals surface area (Å²) in [6.45, 7) is 7.55. The van der Waals surface area contributed by atoms with Crippen LogP contribution in [0.4, 0.5) is 0 Å². The molecule has 1 saturated heterocycles. The lowest BCUT2D eigenvalue weighted by molar-refractivity contribution is -0.146. The van der Waals surface area contributed by atoms with Gasteiger partial charge in [-0.3, -0.25) is 9.59 Å². The molecule has 5 nitrogen and oxygen atoms in total. The molecule has 4 atom stereocenters. The lowest BCUT2D eigenvalue weighted by Gasteiger charge is -2.22. The lowest BCUT2D eigenvalue weighted by Crippen LogP contribution is -2.31. The van der Waals surface area contributed by atoms with Crippen LogP contribution in [0.5, 0.6) is 0 Å². The first-order valence-electron chi connectivity index (χ1n) is 6.91. The Morgan fingerprint density at radius 3 is 1.43 bits per heavy atom. The second-order valence-electron chi connectivity index (χ2n) is 4.96. The maximum absolute atomic E-state index is 11.0.